The molecule has 1 N–H and O–H groups in total. The molecule has 1 aromatic heterocycles. The molecular weight excluding hydrogens is 228 g/mol. The van der Waals surface area contributed by atoms with Gasteiger partial charge in [0.25, 0.3) is 0 Å². The SMILES string of the molecule is CN(C)S(=O)(=O)Nc1cc(Cl)ncn1. The van der Waals surface area contributed by atoms with Gasteiger partial charge in [-0.3, -0.25) is 4.72 Å². The number of hydrogen-bond acceptors (Lipinski definition) is 4. The van der Waals surface area contributed by atoms with Crippen LogP contribution in [0.2, 0.25) is 5.15 Å². The molecule has 0 spiro atoms. The van der Waals surface area contributed by atoms with Gasteiger partial charge in [-0.1, -0.05) is 11.6 Å². The van der Waals surface area contributed by atoms with Crippen LogP contribution < -0.4 is 4.72 Å². The van der Waals surface area contributed by atoms with Crippen LogP contribution in [0.25, 0.3) is 0 Å². The Balaban J connectivity index is 2.90. The lowest BCUT2D eigenvalue weighted by molar-refractivity contribution is 0.526. The standard InChI is InChI=1S/C6H9ClN4O2S/c1-11(2)14(12,13)10-6-3-5(7)8-4-9-6/h3-4H,1-2H3,(H,8,9,10). The second kappa shape index (κ2) is 4.07. The smallest absolute Gasteiger partial charge is 0.254 e. The molecule has 0 saturated heterocycles. The Morgan fingerprint density at radius 2 is 2.07 bits per heavy atom. The van der Waals surface area contributed by atoms with Gasteiger partial charge in [0.1, 0.15) is 17.3 Å². The van der Waals surface area contributed by atoms with E-state index in [0.29, 0.717) is 0 Å². The first-order valence-corrected chi connectivity index (χ1v) is 5.41. The van der Waals surface area contributed by atoms with E-state index >= 15 is 0 Å². The molecule has 0 unspecified atom stereocenters. The van der Waals surface area contributed by atoms with Crippen molar-refractivity contribution in [3.63, 3.8) is 0 Å². The first-order chi connectivity index (χ1) is 6.42. The molecule has 1 rings (SSSR count). The maximum Gasteiger partial charge on any atom is 0.302 e. The number of rotatable bonds is 3. The van der Waals surface area contributed by atoms with Crippen LogP contribution in [0.1, 0.15) is 0 Å². The lowest BCUT2D eigenvalue weighted by Gasteiger charge is -2.12. The molecule has 0 fully saturated rings. The normalized spacial score (nSPS) is 11.7. The fourth-order valence-corrected chi connectivity index (χ4v) is 1.32. The van der Waals surface area contributed by atoms with E-state index in [-0.39, 0.29) is 11.0 Å². The maximum atomic E-state index is 11.3. The first-order valence-electron chi connectivity index (χ1n) is 3.59. The highest BCUT2D eigenvalue weighted by molar-refractivity contribution is 7.90. The molecule has 6 nitrogen and oxygen atoms in total. The number of nitrogens with one attached hydrogen (secondary N) is 1. The molecule has 0 aliphatic carbocycles. The molecule has 0 bridgehead atoms. The summed E-state index contributed by atoms with van der Waals surface area (Å²) in [4.78, 5) is 7.32. The van der Waals surface area contributed by atoms with Crippen molar-refractivity contribution in [2.75, 3.05) is 18.8 Å². The second-order valence-corrected chi connectivity index (χ2v) is 4.89. The van der Waals surface area contributed by atoms with Gasteiger partial charge in [-0.2, -0.15) is 12.7 Å². The van der Waals surface area contributed by atoms with E-state index in [2.05, 4.69) is 14.7 Å². The van der Waals surface area contributed by atoms with Crippen molar-refractivity contribution in [2.24, 2.45) is 0 Å². The monoisotopic (exact) mass is 236 g/mol. The maximum absolute atomic E-state index is 11.3. The zero-order valence-electron chi connectivity index (χ0n) is 7.60. The number of hydrogen-bond donors (Lipinski definition) is 1. The Bertz CT molecular complexity index is 420. The summed E-state index contributed by atoms with van der Waals surface area (Å²) in [6.07, 6.45) is 1.18. The first kappa shape index (κ1) is 11.2. The van der Waals surface area contributed by atoms with Crippen LogP contribution in [-0.2, 0) is 10.2 Å². The molecule has 8 heteroatoms. The van der Waals surface area contributed by atoms with Crippen molar-refractivity contribution >= 4 is 27.6 Å². The van der Waals surface area contributed by atoms with Crippen LogP contribution in [-0.4, -0.2) is 36.8 Å². The molecule has 0 aliphatic rings. The number of aromatic nitrogens is 2. The Kier molecular flexibility index (Phi) is 3.25. The molecule has 0 aliphatic heterocycles. The molecule has 1 heterocycles. The van der Waals surface area contributed by atoms with Crippen LogP contribution in [0, 0.1) is 0 Å². The summed E-state index contributed by atoms with van der Waals surface area (Å²) in [5, 5.41) is 0.177. The summed E-state index contributed by atoms with van der Waals surface area (Å²) in [7, 11) is -0.718. The summed E-state index contributed by atoms with van der Waals surface area (Å²) in [6.45, 7) is 0. The van der Waals surface area contributed by atoms with E-state index in [1.807, 2.05) is 0 Å². The summed E-state index contributed by atoms with van der Waals surface area (Å²) in [5.41, 5.74) is 0. The summed E-state index contributed by atoms with van der Waals surface area (Å²) >= 11 is 5.55. The van der Waals surface area contributed by atoms with Gasteiger partial charge < -0.3 is 0 Å². The van der Waals surface area contributed by atoms with Gasteiger partial charge in [0.2, 0.25) is 0 Å². The number of halogens is 1. The minimum absolute atomic E-state index is 0.138. The zero-order valence-corrected chi connectivity index (χ0v) is 9.17. The van der Waals surface area contributed by atoms with Crippen molar-refractivity contribution in [2.45, 2.75) is 0 Å². The molecule has 0 amide bonds. The van der Waals surface area contributed by atoms with Gasteiger partial charge in [0, 0.05) is 20.2 Å². The van der Waals surface area contributed by atoms with E-state index in [1.54, 1.807) is 0 Å². The molecule has 14 heavy (non-hydrogen) atoms. The average Bonchev–Trinajstić information content (AvgIpc) is 2.02. The van der Waals surface area contributed by atoms with E-state index in [0.717, 1.165) is 4.31 Å². The Labute approximate surface area is 87.1 Å². The van der Waals surface area contributed by atoms with Crippen LogP contribution in [0.15, 0.2) is 12.4 Å². The number of anilines is 1. The molecule has 1 aromatic rings. The largest absolute Gasteiger partial charge is 0.302 e. The van der Waals surface area contributed by atoms with Crippen molar-refractivity contribution in [3.05, 3.63) is 17.5 Å². The third-order valence-electron chi connectivity index (χ3n) is 1.35. The predicted molar refractivity (Wildman–Crippen MR) is 53.3 cm³/mol. The highest BCUT2D eigenvalue weighted by Crippen LogP contribution is 2.10. The third kappa shape index (κ3) is 2.79. The summed E-state index contributed by atoms with van der Waals surface area (Å²) in [6, 6.07) is 1.32. The summed E-state index contributed by atoms with van der Waals surface area (Å²) < 4.78 is 25.9. The lowest BCUT2D eigenvalue weighted by atomic mass is 10.6. The molecule has 0 saturated carbocycles. The van der Waals surface area contributed by atoms with E-state index in [1.165, 1.54) is 26.5 Å². The van der Waals surface area contributed by atoms with Crippen molar-refractivity contribution in [3.8, 4) is 0 Å². The van der Waals surface area contributed by atoms with Gasteiger partial charge in [0.05, 0.1) is 0 Å². The minimum atomic E-state index is -3.53. The fraction of sp³-hybridized carbons (Fsp3) is 0.333. The Morgan fingerprint density at radius 3 is 2.57 bits per heavy atom. The van der Waals surface area contributed by atoms with Crippen LogP contribution in [0.3, 0.4) is 0 Å². The van der Waals surface area contributed by atoms with Crippen LogP contribution in [0.4, 0.5) is 5.82 Å². The second-order valence-electron chi connectivity index (χ2n) is 2.62. The van der Waals surface area contributed by atoms with Gasteiger partial charge in [-0.15, -0.1) is 0 Å². The highest BCUT2D eigenvalue weighted by atomic mass is 35.5. The number of nitrogens with zero attached hydrogens (tertiary/aromatic N) is 3. The molecule has 0 radical (unpaired) electrons. The van der Waals surface area contributed by atoms with Crippen LogP contribution >= 0.6 is 11.6 Å². The predicted octanol–water partition coefficient (Wildman–Crippen LogP) is 0.348. The Hall–Kier alpha value is -0.920. The van der Waals surface area contributed by atoms with Crippen LogP contribution in [0.5, 0.6) is 0 Å². The molecular formula is C6H9ClN4O2S. The molecule has 78 valence electrons. The van der Waals surface area contributed by atoms with Gasteiger partial charge in [-0.05, 0) is 0 Å². The highest BCUT2D eigenvalue weighted by Gasteiger charge is 2.13. The molecule has 0 atom stereocenters. The van der Waals surface area contributed by atoms with Gasteiger partial charge in [0.15, 0.2) is 0 Å². The van der Waals surface area contributed by atoms with E-state index < -0.39 is 10.2 Å². The topological polar surface area (TPSA) is 75.2 Å². The third-order valence-corrected chi connectivity index (χ3v) is 2.98. The van der Waals surface area contributed by atoms with Gasteiger partial charge >= 0.3 is 10.2 Å². The summed E-state index contributed by atoms with van der Waals surface area (Å²) in [5.74, 6) is 0.138. The average molecular weight is 237 g/mol. The van der Waals surface area contributed by atoms with E-state index in [4.69, 9.17) is 11.6 Å². The Morgan fingerprint density at radius 1 is 1.43 bits per heavy atom. The fourth-order valence-electron chi connectivity index (χ4n) is 0.613. The quantitative estimate of drug-likeness (QED) is 0.769. The van der Waals surface area contributed by atoms with Crippen molar-refractivity contribution in [1.29, 1.82) is 0 Å². The lowest BCUT2D eigenvalue weighted by Crippen LogP contribution is -2.29. The zero-order chi connectivity index (χ0) is 10.8. The van der Waals surface area contributed by atoms with Crippen molar-refractivity contribution < 1.29 is 8.42 Å². The minimum Gasteiger partial charge on any atom is -0.254 e. The van der Waals surface area contributed by atoms with Gasteiger partial charge in [-0.25, -0.2) is 9.97 Å². The van der Waals surface area contributed by atoms with Crippen molar-refractivity contribution in [1.82, 2.24) is 14.3 Å². The molecule has 0 aromatic carbocycles. The van der Waals surface area contributed by atoms with E-state index in [9.17, 15) is 8.42 Å².